The molecule has 0 bridgehead atoms. The van der Waals surface area contributed by atoms with Gasteiger partial charge in [0, 0.05) is 41.1 Å². The second-order valence-corrected chi connectivity index (χ2v) is 9.32. The Morgan fingerprint density at radius 2 is 1.95 bits per heavy atom. The van der Waals surface area contributed by atoms with Gasteiger partial charge in [0.2, 0.25) is 5.91 Å². The molecule has 1 aliphatic heterocycles. The highest BCUT2D eigenvalue weighted by atomic mass is 35.5. The summed E-state index contributed by atoms with van der Waals surface area (Å²) in [6.45, 7) is 0.382. The minimum absolute atomic E-state index is 0.0962. The lowest BCUT2D eigenvalue weighted by molar-refractivity contribution is -0.133. The normalized spacial score (nSPS) is 14.9. The lowest BCUT2D eigenvalue weighted by Gasteiger charge is -2.36. The molecule has 37 heavy (non-hydrogen) atoms. The van der Waals surface area contributed by atoms with Crippen LogP contribution in [0.2, 0.25) is 5.02 Å². The van der Waals surface area contributed by atoms with Crippen molar-refractivity contribution in [3.8, 4) is 11.5 Å². The number of nitrogens with one attached hydrogen (secondary N) is 2. The second-order valence-electron chi connectivity index (χ2n) is 8.88. The maximum Gasteiger partial charge on any atom is 0.257 e. The number of H-pyrrole nitrogens is 1. The van der Waals surface area contributed by atoms with Crippen molar-refractivity contribution in [2.24, 2.45) is 0 Å². The monoisotopic (exact) mass is 521 g/mol. The average Bonchev–Trinajstić information content (AvgIpc) is 3.25. The fourth-order valence-corrected chi connectivity index (χ4v) is 4.93. The Bertz CT molecular complexity index is 1450. The molecule has 2 heterocycles. The molecular formula is C28H25ClFN3O4. The Hall–Kier alpha value is -4.04. The van der Waals surface area contributed by atoms with E-state index in [0.29, 0.717) is 23.7 Å². The van der Waals surface area contributed by atoms with E-state index in [1.807, 2.05) is 24.3 Å². The molecule has 1 aliphatic rings. The first kappa shape index (κ1) is 24.6. The molecule has 1 atom stereocenters. The number of hydrogen-bond acceptors (Lipinski definition) is 4. The highest BCUT2D eigenvalue weighted by molar-refractivity contribution is 6.31. The fourth-order valence-electron chi connectivity index (χ4n) is 4.75. The van der Waals surface area contributed by atoms with Crippen LogP contribution in [0.3, 0.4) is 0 Å². The molecule has 0 aliphatic carbocycles. The first-order valence-corrected chi connectivity index (χ1v) is 12.3. The molecule has 9 heteroatoms. The SMILES string of the molecule is O=C(COc1ccc(F)cc1)NCCC(=O)N1CCc2c([nH]c3ccc(Cl)cc23)C1c1cccc(O)c1. The van der Waals surface area contributed by atoms with Gasteiger partial charge in [0.15, 0.2) is 6.61 Å². The molecule has 190 valence electrons. The quantitative estimate of drug-likeness (QED) is 0.328. The van der Waals surface area contributed by atoms with Crippen LogP contribution in [0.4, 0.5) is 4.39 Å². The van der Waals surface area contributed by atoms with Crippen molar-refractivity contribution in [2.45, 2.75) is 18.9 Å². The topological polar surface area (TPSA) is 94.7 Å². The van der Waals surface area contributed by atoms with Gasteiger partial charge in [-0.25, -0.2) is 4.39 Å². The van der Waals surface area contributed by atoms with E-state index in [-0.39, 0.29) is 43.0 Å². The Morgan fingerprint density at radius 1 is 1.14 bits per heavy atom. The minimum Gasteiger partial charge on any atom is -0.508 e. The van der Waals surface area contributed by atoms with E-state index >= 15 is 0 Å². The van der Waals surface area contributed by atoms with E-state index in [2.05, 4.69) is 10.3 Å². The molecule has 0 spiro atoms. The number of phenols is 1. The third-order valence-corrected chi connectivity index (χ3v) is 6.68. The predicted octanol–water partition coefficient (Wildman–Crippen LogP) is 4.73. The first-order valence-electron chi connectivity index (χ1n) is 11.9. The number of benzene rings is 3. The van der Waals surface area contributed by atoms with Crippen LogP contribution in [0.25, 0.3) is 10.9 Å². The largest absolute Gasteiger partial charge is 0.508 e. The number of phenolic OH excluding ortho intramolecular Hbond substituents is 1. The number of halogens is 2. The maximum atomic E-state index is 13.3. The van der Waals surface area contributed by atoms with Gasteiger partial charge in [0.1, 0.15) is 17.3 Å². The van der Waals surface area contributed by atoms with Crippen molar-refractivity contribution < 1.29 is 23.8 Å². The van der Waals surface area contributed by atoms with E-state index in [1.165, 1.54) is 24.3 Å². The van der Waals surface area contributed by atoms with Gasteiger partial charge >= 0.3 is 0 Å². The molecule has 0 radical (unpaired) electrons. The highest BCUT2D eigenvalue weighted by Crippen LogP contribution is 2.40. The van der Waals surface area contributed by atoms with E-state index in [4.69, 9.17) is 16.3 Å². The number of carbonyl (C=O) groups is 2. The van der Waals surface area contributed by atoms with Crippen LogP contribution < -0.4 is 10.1 Å². The molecule has 3 aromatic carbocycles. The van der Waals surface area contributed by atoms with Gasteiger partial charge in [-0.1, -0.05) is 23.7 Å². The van der Waals surface area contributed by atoms with Gasteiger partial charge in [0.25, 0.3) is 5.91 Å². The lowest BCUT2D eigenvalue weighted by atomic mass is 9.92. The summed E-state index contributed by atoms with van der Waals surface area (Å²) < 4.78 is 18.3. The summed E-state index contributed by atoms with van der Waals surface area (Å²) in [5, 5.41) is 14.5. The molecule has 1 unspecified atom stereocenters. The fraction of sp³-hybridized carbons (Fsp3) is 0.214. The summed E-state index contributed by atoms with van der Waals surface area (Å²) in [6, 6.07) is 17.5. The van der Waals surface area contributed by atoms with Crippen LogP contribution in [0, 0.1) is 5.82 Å². The third-order valence-electron chi connectivity index (χ3n) is 6.44. The number of carbonyl (C=O) groups excluding carboxylic acids is 2. The molecule has 4 aromatic rings. The maximum absolute atomic E-state index is 13.3. The number of fused-ring (bicyclic) bond motifs is 3. The molecule has 2 amide bonds. The Kier molecular flexibility index (Phi) is 7.01. The smallest absolute Gasteiger partial charge is 0.257 e. The van der Waals surface area contributed by atoms with Crippen molar-refractivity contribution in [1.29, 1.82) is 0 Å². The van der Waals surface area contributed by atoms with E-state index in [1.54, 1.807) is 23.1 Å². The first-order chi connectivity index (χ1) is 17.9. The average molecular weight is 522 g/mol. The zero-order valence-corrected chi connectivity index (χ0v) is 20.6. The summed E-state index contributed by atoms with van der Waals surface area (Å²) in [4.78, 5) is 30.8. The van der Waals surface area contributed by atoms with Crippen molar-refractivity contribution in [3.05, 3.63) is 94.4 Å². The van der Waals surface area contributed by atoms with Crippen LogP contribution in [-0.2, 0) is 16.0 Å². The Labute approximate surface area is 217 Å². The van der Waals surface area contributed by atoms with E-state index in [9.17, 15) is 19.1 Å². The molecule has 5 rings (SSSR count). The van der Waals surface area contributed by atoms with Gasteiger partial charge in [0.05, 0.1) is 6.04 Å². The molecular weight excluding hydrogens is 497 g/mol. The number of nitrogens with zero attached hydrogens (tertiary/aromatic N) is 1. The number of ether oxygens (including phenoxy) is 1. The van der Waals surface area contributed by atoms with Crippen molar-refractivity contribution in [3.63, 3.8) is 0 Å². The van der Waals surface area contributed by atoms with Crippen molar-refractivity contribution in [1.82, 2.24) is 15.2 Å². The highest BCUT2D eigenvalue weighted by Gasteiger charge is 2.34. The summed E-state index contributed by atoms with van der Waals surface area (Å²) in [6.07, 6.45) is 0.744. The predicted molar refractivity (Wildman–Crippen MR) is 138 cm³/mol. The zero-order valence-electron chi connectivity index (χ0n) is 19.8. The van der Waals surface area contributed by atoms with Gasteiger partial charge in [-0.15, -0.1) is 0 Å². The number of hydrogen-bond donors (Lipinski definition) is 3. The van der Waals surface area contributed by atoms with Gasteiger partial charge in [-0.05, 0) is 72.1 Å². The zero-order chi connectivity index (χ0) is 25.9. The summed E-state index contributed by atoms with van der Waals surface area (Å²) in [5.74, 6) is -0.402. The van der Waals surface area contributed by atoms with Crippen LogP contribution in [0.15, 0.2) is 66.7 Å². The van der Waals surface area contributed by atoms with E-state index < -0.39 is 6.04 Å². The molecule has 0 fully saturated rings. The Morgan fingerprint density at radius 3 is 2.73 bits per heavy atom. The molecule has 0 saturated carbocycles. The van der Waals surface area contributed by atoms with Gasteiger partial charge < -0.3 is 25.0 Å². The van der Waals surface area contributed by atoms with Crippen LogP contribution in [-0.4, -0.2) is 46.5 Å². The van der Waals surface area contributed by atoms with Crippen molar-refractivity contribution >= 4 is 34.3 Å². The summed E-state index contributed by atoms with van der Waals surface area (Å²) in [5.41, 5.74) is 3.70. The second kappa shape index (κ2) is 10.5. The number of rotatable bonds is 7. The van der Waals surface area contributed by atoms with Crippen LogP contribution >= 0.6 is 11.6 Å². The number of aromatic hydroxyl groups is 1. The molecule has 0 saturated heterocycles. The van der Waals surface area contributed by atoms with Crippen LogP contribution in [0.1, 0.15) is 29.3 Å². The standard InChI is InChI=1S/C28H25ClFN3O4/c29-18-4-9-24-23(15-18)22-11-13-33(28(27(22)32-24)17-2-1-3-20(34)14-17)26(36)10-12-31-25(35)16-37-21-7-5-19(30)6-8-21/h1-9,14-15,28,32,34H,10-13,16H2,(H,31,35). The Balaban J connectivity index is 1.29. The summed E-state index contributed by atoms with van der Waals surface area (Å²) >= 11 is 6.25. The third kappa shape index (κ3) is 5.39. The van der Waals surface area contributed by atoms with Gasteiger partial charge in [-0.3, -0.25) is 9.59 Å². The molecule has 1 aromatic heterocycles. The minimum atomic E-state index is -0.424. The summed E-state index contributed by atoms with van der Waals surface area (Å²) in [7, 11) is 0. The van der Waals surface area contributed by atoms with Gasteiger partial charge in [-0.2, -0.15) is 0 Å². The van der Waals surface area contributed by atoms with E-state index in [0.717, 1.165) is 27.7 Å². The number of aromatic nitrogens is 1. The van der Waals surface area contributed by atoms with Crippen molar-refractivity contribution in [2.75, 3.05) is 19.7 Å². The molecule has 7 nitrogen and oxygen atoms in total. The lowest BCUT2D eigenvalue weighted by Crippen LogP contribution is -2.42. The number of aromatic amines is 1. The number of amides is 2. The molecule has 3 N–H and O–H groups in total. The van der Waals surface area contributed by atoms with Crippen LogP contribution in [0.5, 0.6) is 11.5 Å².